The number of halogens is 1. The van der Waals surface area contributed by atoms with E-state index in [0.717, 1.165) is 49.3 Å². The Kier molecular flexibility index (Phi) is 9.19. The van der Waals surface area contributed by atoms with Crippen molar-refractivity contribution in [1.82, 2.24) is 15.6 Å². The van der Waals surface area contributed by atoms with Gasteiger partial charge >= 0.3 is 0 Å². The highest BCUT2D eigenvalue weighted by molar-refractivity contribution is 14.0. The van der Waals surface area contributed by atoms with Crippen LogP contribution in [0.25, 0.3) is 0 Å². The summed E-state index contributed by atoms with van der Waals surface area (Å²) in [6.45, 7) is 4.54. The molecule has 0 aromatic carbocycles. The number of pyridine rings is 1. The van der Waals surface area contributed by atoms with E-state index in [4.69, 9.17) is 4.74 Å². The quantitative estimate of drug-likeness (QED) is 0.295. The first-order valence-corrected chi connectivity index (χ1v) is 7.84. The van der Waals surface area contributed by atoms with Gasteiger partial charge in [0, 0.05) is 31.9 Å². The number of hydrogen-bond acceptors (Lipinski definition) is 3. The molecule has 0 saturated heterocycles. The summed E-state index contributed by atoms with van der Waals surface area (Å²) in [6.07, 6.45) is 6.61. The Bertz CT molecular complexity index is 463. The van der Waals surface area contributed by atoms with E-state index in [2.05, 4.69) is 27.5 Å². The van der Waals surface area contributed by atoms with Gasteiger partial charge in [0.05, 0.1) is 6.61 Å². The van der Waals surface area contributed by atoms with Gasteiger partial charge in [0.15, 0.2) is 5.96 Å². The maximum atomic E-state index is 5.74. The number of guanidine groups is 1. The van der Waals surface area contributed by atoms with Crippen LogP contribution in [0.1, 0.15) is 38.2 Å². The number of nitrogens with zero attached hydrogens (tertiary/aromatic N) is 2. The lowest BCUT2D eigenvalue weighted by Crippen LogP contribution is -2.37. The third-order valence-electron chi connectivity index (χ3n) is 3.51. The van der Waals surface area contributed by atoms with E-state index in [0.29, 0.717) is 6.54 Å². The fourth-order valence-electron chi connectivity index (χ4n) is 1.96. The standard InChI is InChI=1S/C16H26N4O.HI/c1-3-4-10-21-15-14(6-5-9-18-15)12-20-16(17-2)19-11-13-7-8-13;/h5-6,9,13H,3-4,7-8,10-12H2,1-2H3,(H2,17,19,20);1H. The zero-order valence-corrected chi connectivity index (χ0v) is 15.8. The summed E-state index contributed by atoms with van der Waals surface area (Å²) in [5.41, 5.74) is 1.06. The van der Waals surface area contributed by atoms with Gasteiger partial charge in [0.2, 0.25) is 5.88 Å². The summed E-state index contributed by atoms with van der Waals surface area (Å²) >= 11 is 0. The molecule has 0 spiro atoms. The van der Waals surface area contributed by atoms with E-state index >= 15 is 0 Å². The predicted octanol–water partition coefficient (Wildman–Crippen LogP) is 2.95. The molecule has 1 saturated carbocycles. The smallest absolute Gasteiger partial charge is 0.218 e. The highest BCUT2D eigenvalue weighted by Crippen LogP contribution is 2.27. The van der Waals surface area contributed by atoms with Gasteiger partial charge in [-0.05, 0) is 31.2 Å². The second-order valence-electron chi connectivity index (χ2n) is 5.42. The maximum absolute atomic E-state index is 5.74. The molecule has 1 aliphatic carbocycles. The van der Waals surface area contributed by atoms with E-state index < -0.39 is 0 Å². The van der Waals surface area contributed by atoms with Gasteiger partial charge in [-0.2, -0.15) is 0 Å². The van der Waals surface area contributed by atoms with Gasteiger partial charge in [0.25, 0.3) is 0 Å². The number of hydrogen-bond donors (Lipinski definition) is 2. The number of unbranched alkanes of at least 4 members (excludes halogenated alkanes) is 1. The minimum atomic E-state index is 0. The van der Waals surface area contributed by atoms with Crippen LogP contribution in [0.15, 0.2) is 23.3 Å². The molecule has 1 fully saturated rings. The average Bonchev–Trinajstić information content (AvgIpc) is 3.33. The van der Waals surface area contributed by atoms with Crippen molar-refractivity contribution < 1.29 is 4.74 Å². The van der Waals surface area contributed by atoms with Crippen molar-refractivity contribution in [2.24, 2.45) is 10.9 Å². The number of nitrogens with one attached hydrogen (secondary N) is 2. The average molecular weight is 418 g/mol. The van der Waals surface area contributed by atoms with Crippen LogP contribution in [0, 0.1) is 5.92 Å². The van der Waals surface area contributed by atoms with Crippen molar-refractivity contribution in [2.75, 3.05) is 20.2 Å². The van der Waals surface area contributed by atoms with Crippen LogP contribution in [0.2, 0.25) is 0 Å². The zero-order valence-electron chi connectivity index (χ0n) is 13.5. The van der Waals surface area contributed by atoms with E-state index in [1.807, 2.05) is 12.1 Å². The molecular formula is C16H27IN4O. The molecule has 124 valence electrons. The topological polar surface area (TPSA) is 58.5 Å². The highest BCUT2D eigenvalue weighted by Gasteiger charge is 2.21. The molecule has 0 atom stereocenters. The van der Waals surface area contributed by atoms with Crippen LogP contribution in [-0.2, 0) is 6.54 Å². The number of aliphatic imine (C=N–C) groups is 1. The Labute approximate surface area is 150 Å². The van der Waals surface area contributed by atoms with Gasteiger partial charge in [0.1, 0.15) is 0 Å². The molecule has 0 radical (unpaired) electrons. The summed E-state index contributed by atoms with van der Waals surface area (Å²) in [6, 6.07) is 3.97. The lowest BCUT2D eigenvalue weighted by molar-refractivity contribution is 0.294. The van der Waals surface area contributed by atoms with Crippen LogP contribution in [0.5, 0.6) is 5.88 Å². The first-order chi connectivity index (χ1) is 10.3. The van der Waals surface area contributed by atoms with E-state index in [1.165, 1.54) is 12.8 Å². The van der Waals surface area contributed by atoms with Crippen molar-refractivity contribution in [3.05, 3.63) is 23.9 Å². The van der Waals surface area contributed by atoms with Crippen molar-refractivity contribution in [3.8, 4) is 5.88 Å². The molecule has 22 heavy (non-hydrogen) atoms. The van der Waals surface area contributed by atoms with Gasteiger partial charge in [-0.3, -0.25) is 4.99 Å². The van der Waals surface area contributed by atoms with E-state index in [9.17, 15) is 0 Å². The third-order valence-corrected chi connectivity index (χ3v) is 3.51. The lowest BCUT2D eigenvalue weighted by atomic mass is 10.2. The molecule has 2 N–H and O–H groups in total. The molecular weight excluding hydrogens is 391 g/mol. The van der Waals surface area contributed by atoms with Gasteiger partial charge in [-0.25, -0.2) is 4.98 Å². The van der Waals surface area contributed by atoms with Crippen molar-refractivity contribution >= 4 is 29.9 Å². The van der Waals surface area contributed by atoms with Gasteiger partial charge in [-0.1, -0.05) is 19.4 Å². The normalized spacial score (nSPS) is 14.2. The molecule has 0 unspecified atom stereocenters. The second kappa shape index (κ2) is 10.6. The highest BCUT2D eigenvalue weighted by atomic mass is 127. The monoisotopic (exact) mass is 418 g/mol. The van der Waals surface area contributed by atoms with Crippen LogP contribution in [-0.4, -0.2) is 31.1 Å². The summed E-state index contributed by atoms with van der Waals surface area (Å²) in [5, 5.41) is 6.67. The van der Waals surface area contributed by atoms with Crippen molar-refractivity contribution in [3.63, 3.8) is 0 Å². The van der Waals surface area contributed by atoms with Crippen LogP contribution < -0.4 is 15.4 Å². The Balaban J connectivity index is 0.00000242. The number of ether oxygens (including phenoxy) is 1. The molecule has 0 aliphatic heterocycles. The number of aromatic nitrogens is 1. The van der Waals surface area contributed by atoms with E-state index in [1.54, 1.807) is 13.2 Å². The molecule has 1 heterocycles. The molecule has 5 nitrogen and oxygen atoms in total. The molecule has 1 aromatic rings. The maximum Gasteiger partial charge on any atom is 0.218 e. The Morgan fingerprint density at radius 1 is 1.41 bits per heavy atom. The van der Waals surface area contributed by atoms with Crippen LogP contribution in [0.4, 0.5) is 0 Å². The SMILES string of the molecule is CCCCOc1ncccc1CNC(=NC)NCC1CC1.I. The Morgan fingerprint density at radius 3 is 2.91 bits per heavy atom. The van der Waals surface area contributed by atoms with Crippen LogP contribution in [0.3, 0.4) is 0 Å². The molecule has 1 aliphatic rings. The third kappa shape index (κ3) is 6.81. The molecule has 0 bridgehead atoms. The molecule has 6 heteroatoms. The van der Waals surface area contributed by atoms with Gasteiger partial charge in [-0.15, -0.1) is 24.0 Å². The molecule has 1 aromatic heterocycles. The summed E-state index contributed by atoms with van der Waals surface area (Å²) in [4.78, 5) is 8.56. The second-order valence-corrected chi connectivity index (χ2v) is 5.42. The van der Waals surface area contributed by atoms with Gasteiger partial charge < -0.3 is 15.4 Å². The molecule has 2 rings (SSSR count). The Hall–Kier alpha value is -1.05. The minimum absolute atomic E-state index is 0. The van der Waals surface area contributed by atoms with E-state index in [-0.39, 0.29) is 24.0 Å². The lowest BCUT2D eigenvalue weighted by Gasteiger charge is -2.13. The van der Waals surface area contributed by atoms with Crippen molar-refractivity contribution in [2.45, 2.75) is 39.2 Å². The summed E-state index contributed by atoms with van der Waals surface area (Å²) < 4.78 is 5.74. The fraction of sp³-hybridized carbons (Fsp3) is 0.625. The predicted molar refractivity (Wildman–Crippen MR) is 101 cm³/mol. The van der Waals surface area contributed by atoms with Crippen LogP contribution >= 0.6 is 24.0 Å². The zero-order chi connectivity index (χ0) is 14.9. The summed E-state index contributed by atoms with van der Waals surface area (Å²) in [7, 11) is 1.80. The fourth-order valence-corrected chi connectivity index (χ4v) is 1.96. The number of rotatable bonds is 8. The van der Waals surface area contributed by atoms with Crippen molar-refractivity contribution in [1.29, 1.82) is 0 Å². The first kappa shape index (κ1) is 19.0. The molecule has 0 amide bonds. The largest absolute Gasteiger partial charge is 0.477 e. The Morgan fingerprint density at radius 2 is 2.23 bits per heavy atom. The summed E-state index contributed by atoms with van der Waals surface area (Å²) in [5.74, 6) is 2.39. The first-order valence-electron chi connectivity index (χ1n) is 7.84. The minimum Gasteiger partial charge on any atom is -0.477 e.